The van der Waals surface area contributed by atoms with E-state index in [2.05, 4.69) is 19.2 Å². The Balaban J connectivity index is 3.27. The first-order valence-corrected chi connectivity index (χ1v) is 6.53. The summed E-state index contributed by atoms with van der Waals surface area (Å²) in [4.78, 5) is 0. The van der Waals surface area contributed by atoms with Crippen molar-refractivity contribution in [2.75, 3.05) is 14.2 Å². The standard InChI is InChI=1S/C15H24FNO/c1-6-15(7-2,18-5)14(17-4)13-10-12(16)9-8-11(13)3/h8-10,14,17H,6-7H2,1-5H3. The van der Waals surface area contributed by atoms with Crippen LogP contribution in [-0.2, 0) is 4.74 Å². The third-order valence-corrected chi connectivity index (χ3v) is 3.97. The van der Waals surface area contributed by atoms with E-state index in [0.29, 0.717) is 0 Å². The van der Waals surface area contributed by atoms with Crippen molar-refractivity contribution in [3.05, 3.63) is 35.1 Å². The van der Waals surface area contributed by atoms with Crippen molar-refractivity contribution in [1.82, 2.24) is 5.32 Å². The first kappa shape index (κ1) is 15.1. The highest BCUT2D eigenvalue weighted by atomic mass is 19.1. The molecule has 0 spiro atoms. The number of benzene rings is 1. The summed E-state index contributed by atoms with van der Waals surface area (Å²) in [6.07, 6.45) is 1.75. The summed E-state index contributed by atoms with van der Waals surface area (Å²) in [6.45, 7) is 6.21. The van der Waals surface area contributed by atoms with Crippen LogP contribution in [0.4, 0.5) is 4.39 Å². The van der Waals surface area contributed by atoms with Gasteiger partial charge in [-0.15, -0.1) is 0 Å². The van der Waals surface area contributed by atoms with Crippen molar-refractivity contribution in [2.24, 2.45) is 0 Å². The molecule has 1 atom stereocenters. The highest BCUT2D eigenvalue weighted by Gasteiger charge is 2.36. The van der Waals surface area contributed by atoms with E-state index in [1.807, 2.05) is 20.0 Å². The highest BCUT2D eigenvalue weighted by molar-refractivity contribution is 5.31. The van der Waals surface area contributed by atoms with Gasteiger partial charge in [0.05, 0.1) is 11.6 Å². The molecule has 1 unspecified atom stereocenters. The van der Waals surface area contributed by atoms with Gasteiger partial charge in [0.15, 0.2) is 0 Å². The van der Waals surface area contributed by atoms with Gasteiger partial charge >= 0.3 is 0 Å². The smallest absolute Gasteiger partial charge is 0.123 e. The van der Waals surface area contributed by atoms with E-state index < -0.39 is 0 Å². The third kappa shape index (κ3) is 2.73. The van der Waals surface area contributed by atoms with Crippen LogP contribution < -0.4 is 5.32 Å². The monoisotopic (exact) mass is 253 g/mol. The summed E-state index contributed by atoms with van der Waals surface area (Å²) in [5.74, 6) is -0.201. The largest absolute Gasteiger partial charge is 0.376 e. The highest BCUT2D eigenvalue weighted by Crippen LogP contribution is 2.36. The number of halogens is 1. The van der Waals surface area contributed by atoms with E-state index in [1.54, 1.807) is 13.2 Å². The van der Waals surface area contributed by atoms with Crippen LogP contribution >= 0.6 is 0 Å². The van der Waals surface area contributed by atoms with Gasteiger partial charge in [0, 0.05) is 7.11 Å². The van der Waals surface area contributed by atoms with E-state index in [1.165, 1.54) is 6.07 Å². The van der Waals surface area contributed by atoms with Crippen molar-refractivity contribution >= 4 is 0 Å². The minimum Gasteiger partial charge on any atom is -0.376 e. The third-order valence-electron chi connectivity index (χ3n) is 3.97. The van der Waals surface area contributed by atoms with E-state index in [0.717, 1.165) is 24.0 Å². The van der Waals surface area contributed by atoms with E-state index >= 15 is 0 Å². The van der Waals surface area contributed by atoms with Gasteiger partial charge in [-0.1, -0.05) is 19.9 Å². The summed E-state index contributed by atoms with van der Waals surface area (Å²) < 4.78 is 19.2. The van der Waals surface area contributed by atoms with Gasteiger partial charge in [0.25, 0.3) is 0 Å². The quantitative estimate of drug-likeness (QED) is 0.836. The number of aryl methyl sites for hydroxylation is 1. The van der Waals surface area contributed by atoms with Gasteiger partial charge < -0.3 is 10.1 Å². The molecule has 0 saturated heterocycles. The number of hydrogen-bond acceptors (Lipinski definition) is 2. The molecule has 0 aliphatic rings. The Bertz CT molecular complexity index is 380. The van der Waals surface area contributed by atoms with Crippen LogP contribution in [0.5, 0.6) is 0 Å². The molecule has 1 aromatic carbocycles. The van der Waals surface area contributed by atoms with Gasteiger partial charge in [-0.25, -0.2) is 4.39 Å². The van der Waals surface area contributed by atoms with Gasteiger partial charge in [0.1, 0.15) is 5.82 Å². The molecule has 0 fully saturated rings. The molecule has 102 valence electrons. The molecule has 1 rings (SSSR count). The Kier molecular flexibility index (Phi) is 5.29. The fourth-order valence-electron chi connectivity index (χ4n) is 2.69. The van der Waals surface area contributed by atoms with E-state index in [-0.39, 0.29) is 17.5 Å². The van der Waals surface area contributed by atoms with Crippen LogP contribution in [0, 0.1) is 12.7 Å². The van der Waals surface area contributed by atoms with Crippen LogP contribution in [-0.4, -0.2) is 19.8 Å². The number of rotatable bonds is 6. The van der Waals surface area contributed by atoms with Crippen LogP contribution in [0.15, 0.2) is 18.2 Å². The molecule has 0 bridgehead atoms. The average molecular weight is 253 g/mol. The molecule has 1 aromatic rings. The maximum atomic E-state index is 13.5. The molecule has 0 aromatic heterocycles. The lowest BCUT2D eigenvalue weighted by Gasteiger charge is -2.39. The zero-order valence-corrected chi connectivity index (χ0v) is 12.0. The number of likely N-dealkylation sites (N-methyl/N-ethyl adjacent to an activating group) is 1. The van der Waals surface area contributed by atoms with Crippen LogP contribution in [0.2, 0.25) is 0 Å². The Labute approximate surface area is 110 Å². The van der Waals surface area contributed by atoms with Gasteiger partial charge in [-0.2, -0.15) is 0 Å². The molecule has 18 heavy (non-hydrogen) atoms. The molecule has 0 saturated carbocycles. The normalized spacial score (nSPS) is 13.7. The first-order chi connectivity index (χ1) is 8.54. The van der Waals surface area contributed by atoms with Crippen molar-refractivity contribution in [3.63, 3.8) is 0 Å². The minimum absolute atomic E-state index is 0.00630. The van der Waals surface area contributed by atoms with Crippen LogP contribution in [0.3, 0.4) is 0 Å². The predicted octanol–water partition coefficient (Wildman–Crippen LogP) is 3.60. The van der Waals surface area contributed by atoms with Crippen LogP contribution in [0.25, 0.3) is 0 Å². The van der Waals surface area contributed by atoms with E-state index in [4.69, 9.17) is 4.74 Å². The maximum Gasteiger partial charge on any atom is 0.123 e. The summed E-state index contributed by atoms with van der Waals surface area (Å²) in [5.41, 5.74) is 1.76. The van der Waals surface area contributed by atoms with Gasteiger partial charge in [0.2, 0.25) is 0 Å². The molecular formula is C15H24FNO. The number of methoxy groups -OCH3 is 1. The van der Waals surface area contributed by atoms with Gasteiger partial charge in [-0.05, 0) is 50.1 Å². The van der Waals surface area contributed by atoms with Gasteiger partial charge in [-0.3, -0.25) is 0 Å². The molecule has 0 amide bonds. The maximum absolute atomic E-state index is 13.5. The number of hydrogen-bond donors (Lipinski definition) is 1. The topological polar surface area (TPSA) is 21.3 Å². The summed E-state index contributed by atoms with van der Waals surface area (Å²) in [7, 11) is 3.63. The molecule has 0 aliphatic carbocycles. The fraction of sp³-hybridized carbons (Fsp3) is 0.600. The van der Waals surface area contributed by atoms with Crippen LogP contribution in [0.1, 0.15) is 43.9 Å². The Hall–Kier alpha value is -0.930. The first-order valence-electron chi connectivity index (χ1n) is 6.53. The molecule has 0 radical (unpaired) electrons. The number of nitrogens with one attached hydrogen (secondary N) is 1. The lowest BCUT2D eigenvalue weighted by Crippen LogP contribution is -2.44. The molecule has 1 N–H and O–H groups in total. The second-order valence-electron chi connectivity index (χ2n) is 4.70. The summed E-state index contributed by atoms with van der Waals surface area (Å²) in [5, 5.41) is 3.29. The Morgan fingerprint density at radius 1 is 1.33 bits per heavy atom. The van der Waals surface area contributed by atoms with Crippen molar-refractivity contribution in [3.8, 4) is 0 Å². The number of ether oxygens (including phenoxy) is 1. The lowest BCUT2D eigenvalue weighted by molar-refractivity contribution is -0.0469. The molecule has 3 heteroatoms. The Morgan fingerprint density at radius 2 is 1.94 bits per heavy atom. The Morgan fingerprint density at radius 3 is 2.39 bits per heavy atom. The summed E-state index contributed by atoms with van der Waals surface area (Å²) >= 11 is 0. The zero-order chi connectivity index (χ0) is 13.8. The molecule has 0 aliphatic heterocycles. The van der Waals surface area contributed by atoms with Crippen molar-refractivity contribution in [2.45, 2.75) is 45.3 Å². The zero-order valence-electron chi connectivity index (χ0n) is 12.0. The SMILES string of the molecule is CCC(CC)(OC)C(NC)c1cc(F)ccc1C. The molecular weight excluding hydrogens is 229 g/mol. The van der Waals surface area contributed by atoms with E-state index in [9.17, 15) is 4.39 Å². The average Bonchev–Trinajstić information content (AvgIpc) is 2.39. The summed E-state index contributed by atoms with van der Waals surface area (Å²) in [6, 6.07) is 4.92. The fourth-order valence-corrected chi connectivity index (χ4v) is 2.69. The lowest BCUT2D eigenvalue weighted by atomic mass is 9.82. The van der Waals surface area contributed by atoms with Crippen molar-refractivity contribution < 1.29 is 9.13 Å². The predicted molar refractivity (Wildman–Crippen MR) is 73.3 cm³/mol. The second kappa shape index (κ2) is 6.30. The molecule has 2 nitrogen and oxygen atoms in total. The molecule has 0 heterocycles. The van der Waals surface area contributed by atoms with Crippen molar-refractivity contribution in [1.29, 1.82) is 0 Å². The minimum atomic E-state index is -0.298. The second-order valence-corrected chi connectivity index (χ2v) is 4.70.